The molecule has 0 radical (unpaired) electrons. The van der Waals surface area contributed by atoms with Crippen LogP contribution in [0.2, 0.25) is 0 Å². The fraction of sp³-hybridized carbons (Fsp3) is 0.688. The first-order chi connectivity index (χ1) is 10.0. The molecule has 0 amide bonds. The largest absolute Gasteiger partial charge is 0.483 e. The first kappa shape index (κ1) is 15.7. The number of aliphatic imine (C=N–C) groups is 2. The van der Waals surface area contributed by atoms with Gasteiger partial charge in [-0.15, -0.1) is 0 Å². The summed E-state index contributed by atoms with van der Waals surface area (Å²) in [5.41, 5.74) is 1.26. The number of rotatable bonds is 3. The number of hydrogen-bond acceptors (Lipinski definition) is 5. The maximum atomic E-state index is 11.3. The van der Waals surface area contributed by atoms with Crippen LogP contribution in [0.4, 0.5) is 0 Å². The normalized spacial score (nSPS) is 26.1. The molecule has 0 saturated heterocycles. The lowest BCUT2D eigenvalue weighted by molar-refractivity contribution is -0.118. The number of carbonyl (C=O) groups excluding carboxylic acids is 1. The number of carbonyl (C=O) groups is 1. The van der Waals surface area contributed by atoms with E-state index in [1.165, 1.54) is 5.57 Å². The van der Waals surface area contributed by atoms with Crippen molar-refractivity contribution < 1.29 is 14.3 Å². The standard InChI is InChI=1S/C16H24N2O3/c1-10(2)14-16(21-4)17-13(15(18-14)20-3)9-11-5-7-12(19)8-6-11/h5,10,13-14H,6-9H2,1-4H3/t13-,14-/m1/s1. The predicted octanol–water partition coefficient (Wildman–Crippen LogP) is 2.55. The summed E-state index contributed by atoms with van der Waals surface area (Å²) < 4.78 is 10.8. The van der Waals surface area contributed by atoms with E-state index in [-0.39, 0.29) is 12.1 Å². The Bertz CT molecular complexity index is 492. The molecule has 0 fully saturated rings. The Morgan fingerprint density at radius 1 is 1.19 bits per heavy atom. The number of ether oxygens (including phenoxy) is 2. The molecule has 1 aliphatic heterocycles. The van der Waals surface area contributed by atoms with Gasteiger partial charge in [-0.1, -0.05) is 25.5 Å². The van der Waals surface area contributed by atoms with Gasteiger partial charge in [0, 0.05) is 12.8 Å². The van der Waals surface area contributed by atoms with Gasteiger partial charge in [-0.3, -0.25) is 4.79 Å². The van der Waals surface area contributed by atoms with Crippen LogP contribution in [-0.2, 0) is 14.3 Å². The summed E-state index contributed by atoms with van der Waals surface area (Å²) in [5.74, 6) is 1.95. The molecule has 0 aromatic heterocycles. The predicted molar refractivity (Wildman–Crippen MR) is 82.9 cm³/mol. The van der Waals surface area contributed by atoms with E-state index < -0.39 is 0 Å². The molecule has 1 aliphatic carbocycles. The van der Waals surface area contributed by atoms with Gasteiger partial charge in [0.15, 0.2) is 0 Å². The van der Waals surface area contributed by atoms with Crippen molar-refractivity contribution in [2.45, 2.75) is 51.6 Å². The minimum Gasteiger partial charge on any atom is -0.483 e. The van der Waals surface area contributed by atoms with Crippen LogP contribution >= 0.6 is 0 Å². The lowest BCUT2D eigenvalue weighted by Gasteiger charge is -2.27. The topological polar surface area (TPSA) is 60.2 Å². The fourth-order valence-electron chi connectivity index (χ4n) is 2.69. The highest BCUT2D eigenvalue weighted by Gasteiger charge is 2.31. The van der Waals surface area contributed by atoms with Crippen LogP contribution in [0.3, 0.4) is 0 Å². The summed E-state index contributed by atoms with van der Waals surface area (Å²) in [4.78, 5) is 20.6. The molecule has 2 rings (SSSR count). The monoisotopic (exact) mass is 292 g/mol. The van der Waals surface area contributed by atoms with Gasteiger partial charge < -0.3 is 9.47 Å². The smallest absolute Gasteiger partial charge is 0.209 e. The zero-order valence-corrected chi connectivity index (χ0v) is 13.3. The first-order valence-electron chi connectivity index (χ1n) is 7.48. The molecule has 116 valence electrons. The van der Waals surface area contributed by atoms with Crippen molar-refractivity contribution >= 4 is 17.6 Å². The highest BCUT2D eigenvalue weighted by atomic mass is 16.5. The van der Waals surface area contributed by atoms with Crippen LogP contribution in [0.15, 0.2) is 21.6 Å². The number of allylic oxidation sites excluding steroid dienone is 1. The summed E-state index contributed by atoms with van der Waals surface area (Å²) in [6.07, 6.45) is 4.76. The van der Waals surface area contributed by atoms with E-state index >= 15 is 0 Å². The summed E-state index contributed by atoms with van der Waals surface area (Å²) in [6, 6.07) is -0.220. The molecule has 2 atom stereocenters. The van der Waals surface area contributed by atoms with Crippen LogP contribution in [0.5, 0.6) is 0 Å². The van der Waals surface area contributed by atoms with Crippen LogP contribution < -0.4 is 0 Å². The van der Waals surface area contributed by atoms with E-state index in [1.54, 1.807) is 14.2 Å². The maximum absolute atomic E-state index is 11.3. The minimum absolute atomic E-state index is 0.0805. The first-order valence-corrected chi connectivity index (χ1v) is 7.48. The molecule has 21 heavy (non-hydrogen) atoms. The van der Waals surface area contributed by atoms with Gasteiger partial charge in [-0.25, -0.2) is 9.98 Å². The minimum atomic E-state index is -0.139. The van der Waals surface area contributed by atoms with Gasteiger partial charge in [0.2, 0.25) is 11.8 Å². The van der Waals surface area contributed by atoms with Gasteiger partial charge in [0.25, 0.3) is 0 Å². The van der Waals surface area contributed by atoms with Crippen molar-refractivity contribution in [3.8, 4) is 0 Å². The van der Waals surface area contributed by atoms with E-state index in [1.807, 2.05) is 6.08 Å². The number of methoxy groups -OCH3 is 2. The van der Waals surface area contributed by atoms with Gasteiger partial charge in [0.05, 0.1) is 14.2 Å². The molecule has 0 aromatic rings. The summed E-state index contributed by atoms with van der Waals surface area (Å²) >= 11 is 0. The highest BCUT2D eigenvalue weighted by molar-refractivity contribution is 5.94. The Morgan fingerprint density at radius 3 is 2.43 bits per heavy atom. The Hall–Kier alpha value is -1.65. The lowest BCUT2D eigenvalue weighted by atomic mass is 9.93. The second-order valence-corrected chi connectivity index (χ2v) is 5.86. The third kappa shape index (κ3) is 3.71. The third-order valence-corrected chi connectivity index (χ3v) is 3.94. The van der Waals surface area contributed by atoms with Crippen LogP contribution in [0, 0.1) is 5.92 Å². The second-order valence-electron chi connectivity index (χ2n) is 5.86. The molecule has 2 aliphatic rings. The Labute approximate surface area is 126 Å². The summed E-state index contributed by atoms with van der Waals surface area (Å²) in [5, 5.41) is 0. The van der Waals surface area contributed by atoms with Gasteiger partial charge in [-0.2, -0.15) is 0 Å². The second kappa shape index (κ2) is 6.87. The highest BCUT2D eigenvalue weighted by Crippen LogP contribution is 2.25. The molecule has 0 N–H and O–H groups in total. The Balaban J connectivity index is 2.16. The molecule has 0 bridgehead atoms. The molecular formula is C16H24N2O3. The fourth-order valence-corrected chi connectivity index (χ4v) is 2.69. The molecule has 1 heterocycles. The SMILES string of the molecule is COC1=N[C@H](C(C)C)C(OC)=N[C@@H]1CC1=CCC(=O)CC1. The number of Topliss-reactive ketones (excluding diaryl/α,β-unsaturated/α-hetero) is 1. The Kier molecular flexibility index (Phi) is 5.15. The van der Waals surface area contributed by atoms with Crippen molar-refractivity contribution in [1.29, 1.82) is 0 Å². The van der Waals surface area contributed by atoms with Gasteiger partial charge in [0.1, 0.15) is 17.9 Å². The van der Waals surface area contributed by atoms with Crippen molar-refractivity contribution in [1.82, 2.24) is 0 Å². The number of hydrogen-bond donors (Lipinski definition) is 0. The van der Waals surface area contributed by atoms with E-state index in [4.69, 9.17) is 9.47 Å². The molecule has 0 spiro atoms. The van der Waals surface area contributed by atoms with Crippen molar-refractivity contribution in [2.24, 2.45) is 15.9 Å². The summed E-state index contributed by atoms with van der Waals surface area (Å²) in [7, 11) is 3.27. The molecular weight excluding hydrogens is 268 g/mol. The zero-order valence-electron chi connectivity index (χ0n) is 13.3. The summed E-state index contributed by atoms with van der Waals surface area (Å²) in [6.45, 7) is 4.18. The van der Waals surface area contributed by atoms with Crippen LogP contribution in [0.25, 0.3) is 0 Å². The zero-order chi connectivity index (χ0) is 15.4. The molecule has 5 nitrogen and oxygen atoms in total. The Morgan fingerprint density at radius 2 is 1.90 bits per heavy atom. The van der Waals surface area contributed by atoms with Crippen molar-refractivity contribution in [2.75, 3.05) is 14.2 Å². The van der Waals surface area contributed by atoms with E-state index in [0.29, 0.717) is 36.3 Å². The number of ketones is 1. The van der Waals surface area contributed by atoms with E-state index in [0.717, 1.165) is 12.8 Å². The van der Waals surface area contributed by atoms with Gasteiger partial charge >= 0.3 is 0 Å². The lowest BCUT2D eigenvalue weighted by Crippen LogP contribution is -2.37. The average molecular weight is 292 g/mol. The van der Waals surface area contributed by atoms with Crippen molar-refractivity contribution in [3.05, 3.63) is 11.6 Å². The van der Waals surface area contributed by atoms with Crippen molar-refractivity contribution in [3.63, 3.8) is 0 Å². The van der Waals surface area contributed by atoms with E-state index in [9.17, 15) is 4.79 Å². The molecule has 0 unspecified atom stereocenters. The average Bonchev–Trinajstić information content (AvgIpc) is 2.48. The van der Waals surface area contributed by atoms with E-state index in [2.05, 4.69) is 23.8 Å². The third-order valence-electron chi connectivity index (χ3n) is 3.94. The van der Waals surface area contributed by atoms with Gasteiger partial charge in [-0.05, 0) is 18.8 Å². The molecule has 0 aromatic carbocycles. The maximum Gasteiger partial charge on any atom is 0.209 e. The number of nitrogens with zero attached hydrogens (tertiary/aromatic N) is 2. The molecule has 0 saturated carbocycles. The molecule has 5 heteroatoms. The van der Waals surface area contributed by atoms with Crippen LogP contribution in [0.1, 0.15) is 39.5 Å². The quantitative estimate of drug-likeness (QED) is 0.751. The van der Waals surface area contributed by atoms with Crippen LogP contribution in [-0.4, -0.2) is 43.9 Å².